The predicted molar refractivity (Wildman–Crippen MR) is 63.7 cm³/mol. The summed E-state index contributed by atoms with van der Waals surface area (Å²) in [6.45, 7) is 1.44. The molecule has 1 aliphatic carbocycles. The molecule has 0 saturated carbocycles. The second kappa shape index (κ2) is 8.97. The van der Waals surface area contributed by atoms with E-state index in [0.717, 1.165) is 0 Å². The molecule has 0 heterocycles. The van der Waals surface area contributed by atoms with Gasteiger partial charge in [-0.2, -0.15) is 4.99 Å². The fourth-order valence-corrected chi connectivity index (χ4v) is 1.93. The summed E-state index contributed by atoms with van der Waals surface area (Å²) in [6, 6.07) is -0.199. The van der Waals surface area contributed by atoms with E-state index in [0.29, 0.717) is 13.2 Å². The lowest BCUT2D eigenvalue weighted by Gasteiger charge is -2.22. The first-order valence-electron chi connectivity index (χ1n) is 5.72. The minimum Gasteiger partial charge on any atom is -0.359 e. The molecule has 0 aliphatic heterocycles. The number of aliphatic imine (C=N–C) groups is 1. The van der Waals surface area contributed by atoms with Gasteiger partial charge in [0.1, 0.15) is 13.6 Å². The van der Waals surface area contributed by atoms with Crippen molar-refractivity contribution in [1.82, 2.24) is 0 Å². The van der Waals surface area contributed by atoms with Crippen LogP contribution in [0.3, 0.4) is 0 Å². The van der Waals surface area contributed by atoms with E-state index in [2.05, 4.69) is 4.99 Å². The highest BCUT2D eigenvalue weighted by atomic mass is 16.7. The van der Waals surface area contributed by atoms with Gasteiger partial charge in [-0.05, 0) is 0 Å². The molecule has 18 heavy (non-hydrogen) atoms. The average Bonchev–Trinajstić information content (AvgIpc) is 2.74. The molecule has 0 fully saturated rings. The number of hydrogen-bond donors (Lipinski definition) is 0. The zero-order valence-corrected chi connectivity index (χ0v) is 10.7. The van der Waals surface area contributed by atoms with E-state index >= 15 is 0 Å². The maximum Gasteiger partial charge on any atom is 0.235 e. The molecule has 3 atom stereocenters. The number of hydrogen-bond acceptors (Lipinski definition) is 6. The molecule has 0 aromatic heterocycles. The van der Waals surface area contributed by atoms with Crippen LogP contribution in [0.5, 0.6) is 0 Å². The van der Waals surface area contributed by atoms with Gasteiger partial charge < -0.3 is 18.9 Å². The third-order valence-corrected chi connectivity index (χ3v) is 2.77. The first kappa shape index (κ1) is 15.0. The molecule has 0 unspecified atom stereocenters. The minimum absolute atomic E-state index is 0.0680. The number of ether oxygens (including phenoxy) is 4. The van der Waals surface area contributed by atoms with Gasteiger partial charge in [-0.3, -0.25) is 0 Å². The maximum atomic E-state index is 10.4. The Morgan fingerprint density at radius 1 is 1.11 bits per heavy atom. The van der Waals surface area contributed by atoms with Crippen molar-refractivity contribution in [1.29, 1.82) is 0 Å². The van der Waals surface area contributed by atoms with Gasteiger partial charge in [-0.25, -0.2) is 4.79 Å². The first-order valence-corrected chi connectivity index (χ1v) is 5.72. The van der Waals surface area contributed by atoms with Gasteiger partial charge in [-0.15, -0.1) is 0 Å². The molecule has 1 rings (SSSR count). The molecule has 6 nitrogen and oxygen atoms in total. The topological polar surface area (TPSA) is 66.3 Å². The Hall–Kier alpha value is -1.04. The lowest BCUT2D eigenvalue weighted by molar-refractivity contribution is -0.0669. The van der Waals surface area contributed by atoms with Crippen molar-refractivity contribution in [3.8, 4) is 0 Å². The predicted octanol–water partition coefficient (Wildman–Crippen LogP) is 0.734. The Morgan fingerprint density at radius 2 is 1.78 bits per heavy atom. The van der Waals surface area contributed by atoms with Crippen molar-refractivity contribution in [2.45, 2.75) is 6.04 Å². The summed E-state index contributed by atoms with van der Waals surface area (Å²) >= 11 is 0. The molecule has 0 spiro atoms. The summed E-state index contributed by atoms with van der Waals surface area (Å²) in [5.74, 6) is 0.220. The fraction of sp³-hybridized carbons (Fsp3) is 0.750. The van der Waals surface area contributed by atoms with Crippen molar-refractivity contribution < 1.29 is 23.7 Å². The number of rotatable bonds is 9. The molecule has 0 bridgehead atoms. The van der Waals surface area contributed by atoms with Gasteiger partial charge >= 0.3 is 0 Å². The SMILES string of the molecule is COCOC[C@@H]1[C@@H](COCOC)C=C[C@H]1N=C=O. The summed E-state index contributed by atoms with van der Waals surface area (Å²) in [5.41, 5.74) is 0. The molecule has 6 heteroatoms. The van der Waals surface area contributed by atoms with Crippen molar-refractivity contribution in [3.05, 3.63) is 12.2 Å². The highest BCUT2D eigenvalue weighted by Gasteiger charge is 2.32. The van der Waals surface area contributed by atoms with Crippen LogP contribution in [0.2, 0.25) is 0 Å². The van der Waals surface area contributed by atoms with Crippen molar-refractivity contribution in [2.75, 3.05) is 41.0 Å². The quantitative estimate of drug-likeness (QED) is 0.200. The van der Waals surface area contributed by atoms with E-state index in [4.69, 9.17) is 18.9 Å². The molecule has 0 aromatic carbocycles. The first-order chi connectivity index (χ1) is 8.83. The van der Waals surface area contributed by atoms with E-state index in [1.807, 2.05) is 12.2 Å². The highest BCUT2D eigenvalue weighted by Crippen LogP contribution is 2.28. The minimum atomic E-state index is -0.199. The van der Waals surface area contributed by atoms with Crippen LogP contribution < -0.4 is 0 Å². The van der Waals surface area contributed by atoms with Crippen LogP contribution in [0, 0.1) is 11.8 Å². The van der Waals surface area contributed by atoms with Gasteiger partial charge in [-0.1, -0.05) is 12.2 Å². The second-order valence-electron chi connectivity index (χ2n) is 3.98. The molecule has 0 aromatic rings. The largest absolute Gasteiger partial charge is 0.359 e. The Bertz CT molecular complexity index is 301. The van der Waals surface area contributed by atoms with E-state index in [1.165, 1.54) is 0 Å². The molecule has 102 valence electrons. The number of nitrogens with zero attached hydrogens (tertiary/aromatic N) is 1. The van der Waals surface area contributed by atoms with Crippen LogP contribution in [-0.4, -0.2) is 53.1 Å². The van der Waals surface area contributed by atoms with Crippen molar-refractivity contribution in [2.24, 2.45) is 16.8 Å². The van der Waals surface area contributed by atoms with E-state index in [-0.39, 0.29) is 31.5 Å². The van der Waals surface area contributed by atoms with Gasteiger partial charge in [0.2, 0.25) is 6.08 Å². The summed E-state index contributed by atoms with van der Waals surface area (Å²) < 4.78 is 20.3. The second-order valence-corrected chi connectivity index (χ2v) is 3.98. The highest BCUT2D eigenvalue weighted by molar-refractivity contribution is 5.35. The Kier molecular flexibility index (Phi) is 7.48. The summed E-state index contributed by atoms with van der Waals surface area (Å²) in [5, 5.41) is 0. The van der Waals surface area contributed by atoms with Crippen LogP contribution in [-0.2, 0) is 23.7 Å². The summed E-state index contributed by atoms with van der Waals surface area (Å²) in [7, 11) is 3.14. The van der Waals surface area contributed by atoms with E-state index in [9.17, 15) is 4.79 Å². The normalized spacial score (nSPS) is 26.2. The Morgan fingerprint density at radius 3 is 2.39 bits per heavy atom. The maximum absolute atomic E-state index is 10.4. The van der Waals surface area contributed by atoms with Crippen LogP contribution in [0.15, 0.2) is 17.1 Å². The lowest BCUT2D eigenvalue weighted by atomic mass is 9.94. The molecular formula is C12H19NO5. The molecule has 1 aliphatic rings. The standard InChI is InChI=1S/C12H19NO5/c1-15-8-17-5-10-3-4-12(13-7-14)11(10)6-18-9-16-2/h3-4,10-12H,5-6,8-9H2,1-2H3/t10-,11-,12-/m1/s1. The Labute approximate surface area is 107 Å². The van der Waals surface area contributed by atoms with Crippen LogP contribution in [0.25, 0.3) is 0 Å². The zero-order chi connectivity index (χ0) is 13.2. The molecular weight excluding hydrogens is 238 g/mol. The van der Waals surface area contributed by atoms with Crippen molar-refractivity contribution >= 4 is 6.08 Å². The third kappa shape index (κ3) is 4.68. The molecule has 0 amide bonds. The zero-order valence-electron chi connectivity index (χ0n) is 10.7. The van der Waals surface area contributed by atoms with Gasteiger partial charge in [0, 0.05) is 26.1 Å². The number of methoxy groups -OCH3 is 2. The monoisotopic (exact) mass is 257 g/mol. The number of carbonyl (C=O) groups excluding carboxylic acids is 1. The fourth-order valence-electron chi connectivity index (χ4n) is 1.93. The van der Waals surface area contributed by atoms with E-state index < -0.39 is 0 Å². The average molecular weight is 257 g/mol. The number of isocyanates is 1. The summed E-state index contributed by atoms with van der Waals surface area (Å²) in [4.78, 5) is 14.1. The van der Waals surface area contributed by atoms with Crippen LogP contribution in [0.1, 0.15) is 0 Å². The van der Waals surface area contributed by atoms with Crippen molar-refractivity contribution in [3.63, 3.8) is 0 Å². The van der Waals surface area contributed by atoms with Gasteiger partial charge in [0.25, 0.3) is 0 Å². The smallest absolute Gasteiger partial charge is 0.235 e. The Balaban J connectivity index is 2.47. The molecule has 0 N–H and O–H groups in total. The van der Waals surface area contributed by atoms with Crippen LogP contribution in [0.4, 0.5) is 0 Å². The molecule has 0 saturated heterocycles. The summed E-state index contributed by atoms with van der Waals surface area (Å²) in [6.07, 6.45) is 5.46. The van der Waals surface area contributed by atoms with Gasteiger partial charge in [0.15, 0.2) is 0 Å². The van der Waals surface area contributed by atoms with Crippen LogP contribution >= 0.6 is 0 Å². The molecule has 0 radical (unpaired) electrons. The lowest BCUT2D eigenvalue weighted by Crippen LogP contribution is -2.27. The van der Waals surface area contributed by atoms with E-state index in [1.54, 1.807) is 20.3 Å². The third-order valence-electron chi connectivity index (χ3n) is 2.77. The van der Waals surface area contributed by atoms with Gasteiger partial charge in [0.05, 0.1) is 19.3 Å².